The Balaban J connectivity index is 5.54. The number of allylic oxidation sites excluding steroid dienone is 33. The van der Waals surface area contributed by atoms with Crippen molar-refractivity contribution in [2.24, 2.45) is 0 Å². The van der Waals surface area contributed by atoms with Gasteiger partial charge in [0.25, 0.3) is 0 Å². The van der Waals surface area contributed by atoms with Crippen LogP contribution in [0.1, 0.15) is 246 Å². The third-order valence-corrected chi connectivity index (χ3v) is 16.7. The van der Waals surface area contributed by atoms with Gasteiger partial charge in [-0.25, -0.2) is 9.13 Å². The lowest BCUT2D eigenvalue weighted by Crippen LogP contribution is -2.30. The Hall–Kier alpha value is -6.36. The number of rotatable bonds is 69. The summed E-state index contributed by atoms with van der Waals surface area (Å²) in [6, 6.07) is 0. The van der Waals surface area contributed by atoms with E-state index in [1.54, 1.807) is 6.08 Å². The molecule has 0 aliphatic rings. The van der Waals surface area contributed by atoms with E-state index in [1.807, 2.05) is 24.3 Å². The van der Waals surface area contributed by atoms with Crippen molar-refractivity contribution < 1.29 is 80.2 Å². The summed E-state index contributed by atoms with van der Waals surface area (Å²) in [5, 5.41) is 10.6. The Morgan fingerprint density at radius 1 is 0.279 bits per heavy atom. The Bertz CT molecular complexity index is 2790. The molecule has 0 spiro atoms. The van der Waals surface area contributed by atoms with E-state index in [0.29, 0.717) is 32.1 Å². The van der Waals surface area contributed by atoms with Crippen LogP contribution >= 0.6 is 15.6 Å². The molecule has 0 saturated heterocycles. The van der Waals surface area contributed by atoms with Gasteiger partial charge in [0, 0.05) is 19.3 Å². The topological polar surface area (TPSA) is 237 Å². The molecule has 584 valence electrons. The highest BCUT2D eigenvalue weighted by Crippen LogP contribution is 2.45. The van der Waals surface area contributed by atoms with Crippen LogP contribution in [-0.4, -0.2) is 96.7 Å². The zero-order valence-electron chi connectivity index (χ0n) is 63.6. The van der Waals surface area contributed by atoms with Crippen LogP contribution in [-0.2, 0) is 65.4 Å². The number of ether oxygens (including phenoxy) is 4. The normalized spacial score (nSPS) is 15.0. The van der Waals surface area contributed by atoms with Crippen LogP contribution in [0.2, 0.25) is 0 Å². The van der Waals surface area contributed by atoms with Gasteiger partial charge in [-0.15, -0.1) is 0 Å². The van der Waals surface area contributed by atoms with Gasteiger partial charge in [-0.05, 0) is 167 Å². The zero-order valence-corrected chi connectivity index (χ0v) is 65.4. The van der Waals surface area contributed by atoms with E-state index in [0.717, 1.165) is 161 Å². The quantitative estimate of drug-likeness (QED) is 0.0169. The third kappa shape index (κ3) is 73.9. The molecule has 0 saturated carbocycles. The van der Waals surface area contributed by atoms with Crippen molar-refractivity contribution in [3.05, 3.63) is 207 Å². The minimum Gasteiger partial charge on any atom is -0.462 e. The second-order valence-electron chi connectivity index (χ2n) is 24.4. The number of hydrogen-bond donors (Lipinski definition) is 3. The number of esters is 4. The molecule has 0 aliphatic heterocycles. The lowest BCUT2D eigenvalue weighted by molar-refractivity contribution is -0.161. The Labute approximate surface area is 627 Å². The van der Waals surface area contributed by atoms with Gasteiger partial charge in [0.05, 0.1) is 32.8 Å². The number of phosphoric acid groups is 2. The molecule has 0 amide bonds. The van der Waals surface area contributed by atoms with E-state index in [4.69, 9.17) is 37.0 Å². The number of aliphatic hydroxyl groups is 1. The summed E-state index contributed by atoms with van der Waals surface area (Å²) in [6.07, 6.45) is 92.8. The highest BCUT2D eigenvalue weighted by molar-refractivity contribution is 7.47. The van der Waals surface area contributed by atoms with Gasteiger partial charge in [0.2, 0.25) is 0 Å². The number of phosphoric ester groups is 2. The summed E-state index contributed by atoms with van der Waals surface area (Å²) >= 11 is 0. The Morgan fingerprint density at radius 2 is 0.510 bits per heavy atom. The van der Waals surface area contributed by atoms with Gasteiger partial charge in [-0.1, -0.05) is 260 Å². The summed E-state index contributed by atoms with van der Waals surface area (Å²) in [6.45, 7) is 4.14. The van der Waals surface area contributed by atoms with Crippen molar-refractivity contribution >= 4 is 39.5 Å². The third-order valence-electron chi connectivity index (χ3n) is 14.8. The summed E-state index contributed by atoms with van der Waals surface area (Å²) in [5.41, 5.74) is 0. The van der Waals surface area contributed by atoms with Crippen molar-refractivity contribution in [3.8, 4) is 0 Å². The predicted molar refractivity (Wildman–Crippen MR) is 426 cm³/mol. The van der Waals surface area contributed by atoms with Crippen molar-refractivity contribution in [2.75, 3.05) is 39.6 Å². The SMILES string of the molecule is CC/C=C\C/C=C\C/C=C\C/C=C\C/C=C\CC(=O)OCC(COP(=O)(O)OCC(O)COP(=O)(O)OCC(COC(=O)CCCCCC/C=C\C/C=C\C/C=C\C/C=C\CC)OC(=O)CCCCCC/C=C\C/C=C\C/C=C\C/C=C\CC)OC(=O)CCCC/C=C\C/C=C\C/C=C\C/C=C\CC. The van der Waals surface area contributed by atoms with Crippen LogP contribution in [0.5, 0.6) is 0 Å². The Morgan fingerprint density at radius 3 is 0.817 bits per heavy atom. The standard InChI is InChI=1S/C85H132O17P2/c1-5-9-13-17-21-25-29-33-37-39-43-46-50-54-58-62-66-70-83(88)96-76-81(102-85(90)72-68-64-60-56-52-48-44-40-38-34-30-26-22-18-14-10-6-2)78-100-104(93,94)98-74-79(86)73-97-103(91,92)99-77-80(101-84(89)71-67-63-59-55-51-47-42-36-32-28-24-20-16-12-8-4)75-95-82(87)69-65-61-57-53-49-45-41-35-31-27-23-19-15-11-7-3/h9-16,21-28,33-38,41-44,46,48-49,51,53,55,61,65,79-81,86H,5-8,17-20,29-32,39-40,45,47,50,52,54,56-60,62-64,66-78H2,1-4H3,(H,91,92)(H,93,94)/b13-9-,14-10-,15-11-,16-12-,25-21-,26-22-,27-23-,28-24-,37-33-,38-34-,41-35-,42-36-,46-43-,48-44-,53-49-,55-51-,65-61-. The summed E-state index contributed by atoms with van der Waals surface area (Å²) < 4.78 is 68.3. The van der Waals surface area contributed by atoms with Gasteiger partial charge >= 0.3 is 39.5 Å². The summed E-state index contributed by atoms with van der Waals surface area (Å²) in [7, 11) is -10.0. The summed E-state index contributed by atoms with van der Waals surface area (Å²) in [5.74, 6) is -2.45. The highest BCUT2D eigenvalue weighted by atomic mass is 31.2. The fraction of sp³-hybridized carbons (Fsp3) is 0.553. The number of aliphatic hydroxyl groups excluding tert-OH is 1. The number of unbranched alkanes of at least 4 members (excludes halogenated alkanes) is 10. The fourth-order valence-corrected chi connectivity index (χ4v) is 10.7. The second kappa shape index (κ2) is 74.9. The molecule has 17 nitrogen and oxygen atoms in total. The molecule has 0 bridgehead atoms. The first-order chi connectivity index (χ1) is 50.7. The van der Waals surface area contributed by atoms with E-state index in [-0.39, 0.29) is 25.7 Å². The molecule has 0 fully saturated rings. The Kier molecular flexibility index (Phi) is 70.3. The number of hydrogen-bond acceptors (Lipinski definition) is 15. The highest BCUT2D eigenvalue weighted by Gasteiger charge is 2.30. The van der Waals surface area contributed by atoms with E-state index in [9.17, 15) is 43.2 Å². The van der Waals surface area contributed by atoms with Gasteiger partial charge in [-0.2, -0.15) is 0 Å². The van der Waals surface area contributed by atoms with Crippen molar-refractivity contribution in [1.82, 2.24) is 0 Å². The van der Waals surface area contributed by atoms with Crippen LogP contribution in [0.4, 0.5) is 0 Å². The van der Waals surface area contributed by atoms with Gasteiger partial charge in [0.15, 0.2) is 12.2 Å². The first kappa shape index (κ1) is 97.6. The maximum atomic E-state index is 13.1. The molecule has 5 atom stereocenters. The van der Waals surface area contributed by atoms with Crippen LogP contribution in [0, 0.1) is 0 Å². The number of carbonyl (C=O) groups excluding carboxylic acids is 4. The molecular weight excluding hydrogens is 1350 g/mol. The largest absolute Gasteiger partial charge is 0.472 e. The molecule has 0 aromatic heterocycles. The smallest absolute Gasteiger partial charge is 0.462 e. The monoisotopic (exact) mass is 1490 g/mol. The predicted octanol–water partition coefficient (Wildman–Crippen LogP) is 22.3. The zero-order chi connectivity index (χ0) is 76.0. The maximum Gasteiger partial charge on any atom is 0.472 e. The van der Waals surface area contributed by atoms with Crippen molar-refractivity contribution in [1.29, 1.82) is 0 Å². The van der Waals surface area contributed by atoms with Crippen LogP contribution < -0.4 is 0 Å². The molecule has 19 heteroatoms. The summed E-state index contributed by atoms with van der Waals surface area (Å²) in [4.78, 5) is 72.9. The average Bonchev–Trinajstić information content (AvgIpc) is 0.926. The fourth-order valence-electron chi connectivity index (χ4n) is 9.09. The molecule has 0 aromatic rings. The average molecular weight is 1490 g/mol. The molecule has 0 heterocycles. The minimum absolute atomic E-state index is 0.0133. The van der Waals surface area contributed by atoms with Crippen molar-refractivity contribution in [2.45, 2.75) is 264 Å². The first-order valence-electron chi connectivity index (χ1n) is 38.3. The van der Waals surface area contributed by atoms with Crippen LogP contribution in [0.3, 0.4) is 0 Å². The van der Waals surface area contributed by atoms with E-state index in [2.05, 4.69) is 204 Å². The molecule has 0 aliphatic carbocycles. The first-order valence-corrected chi connectivity index (χ1v) is 41.3. The molecular formula is C85H132O17P2. The van der Waals surface area contributed by atoms with Crippen molar-refractivity contribution in [3.63, 3.8) is 0 Å². The molecule has 5 unspecified atom stereocenters. The lowest BCUT2D eigenvalue weighted by Gasteiger charge is -2.21. The molecule has 0 aromatic carbocycles. The van der Waals surface area contributed by atoms with E-state index >= 15 is 0 Å². The van der Waals surface area contributed by atoms with Gasteiger partial charge in [0.1, 0.15) is 19.3 Å². The number of carbonyl (C=O) groups is 4. The van der Waals surface area contributed by atoms with E-state index in [1.165, 1.54) is 0 Å². The second-order valence-corrected chi connectivity index (χ2v) is 27.3. The maximum absolute atomic E-state index is 13.1. The van der Waals surface area contributed by atoms with Crippen LogP contribution in [0.25, 0.3) is 0 Å². The molecule has 0 radical (unpaired) electrons. The van der Waals surface area contributed by atoms with Gasteiger partial charge in [-0.3, -0.25) is 37.3 Å². The van der Waals surface area contributed by atoms with Gasteiger partial charge < -0.3 is 33.8 Å². The minimum atomic E-state index is -5.02. The lowest BCUT2D eigenvalue weighted by atomic mass is 10.1. The molecule has 0 rings (SSSR count). The van der Waals surface area contributed by atoms with Crippen LogP contribution in [0.15, 0.2) is 207 Å². The molecule has 3 N–H and O–H groups in total. The molecule has 104 heavy (non-hydrogen) atoms. The van der Waals surface area contributed by atoms with E-state index < -0.39 is 97.5 Å².